The molecule has 1 aromatic heterocycles. The molecule has 2 aromatic rings. The molecule has 0 spiro atoms. The molecule has 0 saturated carbocycles. The fourth-order valence-electron chi connectivity index (χ4n) is 2.87. The fraction of sp³-hybridized carbons (Fsp3) is 0.375. The monoisotopic (exact) mass is 365 g/mol. The first kappa shape index (κ1) is 15.4. The van der Waals surface area contributed by atoms with E-state index in [1.54, 1.807) is 30.6 Å². The lowest BCUT2D eigenvalue weighted by Crippen LogP contribution is -2.36. The molecule has 1 fully saturated rings. The van der Waals surface area contributed by atoms with Crippen molar-refractivity contribution in [2.24, 2.45) is 5.92 Å². The van der Waals surface area contributed by atoms with E-state index in [9.17, 15) is 9.50 Å². The maximum absolute atomic E-state index is 14.0. The summed E-state index contributed by atoms with van der Waals surface area (Å²) in [5.74, 6) is 0.400. The van der Waals surface area contributed by atoms with Gasteiger partial charge in [-0.15, -0.1) is 0 Å². The number of aliphatic hydroxyl groups excluding tert-OH is 1. The third-order valence-electron chi connectivity index (χ3n) is 4.10. The van der Waals surface area contributed by atoms with Gasteiger partial charge in [0.1, 0.15) is 5.82 Å². The molecule has 1 N–H and O–H groups in total. The van der Waals surface area contributed by atoms with Gasteiger partial charge in [-0.1, -0.05) is 22.0 Å². The fourth-order valence-corrected chi connectivity index (χ4v) is 3.20. The van der Waals surface area contributed by atoms with Crippen molar-refractivity contribution in [2.75, 3.05) is 18.0 Å². The van der Waals surface area contributed by atoms with E-state index < -0.39 is 6.10 Å². The molecule has 1 unspecified atom stereocenters. The van der Waals surface area contributed by atoms with Gasteiger partial charge in [-0.05, 0) is 37.0 Å². The van der Waals surface area contributed by atoms with Crippen LogP contribution in [-0.4, -0.2) is 28.2 Å². The molecule has 1 aliphatic rings. The van der Waals surface area contributed by atoms with E-state index >= 15 is 0 Å². The highest BCUT2D eigenvalue weighted by Crippen LogP contribution is 2.33. The summed E-state index contributed by atoms with van der Waals surface area (Å²) in [5.41, 5.74) is 0.373. The Morgan fingerprint density at radius 3 is 2.55 bits per heavy atom. The van der Waals surface area contributed by atoms with E-state index in [2.05, 4.69) is 30.8 Å². The number of hydrogen-bond acceptors (Lipinski definition) is 4. The van der Waals surface area contributed by atoms with Crippen molar-refractivity contribution in [3.05, 3.63) is 52.5 Å². The quantitative estimate of drug-likeness (QED) is 0.906. The third-order valence-corrected chi connectivity index (χ3v) is 4.60. The van der Waals surface area contributed by atoms with Crippen molar-refractivity contribution in [3.8, 4) is 0 Å². The molecular weight excluding hydrogens is 349 g/mol. The minimum atomic E-state index is -0.771. The Kier molecular flexibility index (Phi) is 4.69. The van der Waals surface area contributed by atoms with Crippen LogP contribution in [0.3, 0.4) is 0 Å². The second-order valence-electron chi connectivity index (χ2n) is 5.48. The summed E-state index contributed by atoms with van der Waals surface area (Å²) in [6.45, 7) is 1.54. The maximum Gasteiger partial charge on any atom is 0.225 e. The number of piperidine rings is 1. The van der Waals surface area contributed by atoms with Crippen LogP contribution < -0.4 is 4.90 Å². The number of benzene rings is 1. The Balaban J connectivity index is 1.66. The van der Waals surface area contributed by atoms with Gasteiger partial charge in [-0.3, -0.25) is 0 Å². The molecule has 116 valence electrons. The Morgan fingerprint density at radius 2 is 1.91 bits per heavy atom. The number of anilines is 1. The van der Waals surface area contributed by atoms with E-state index in [1.165, 1.54) is 6.07 Å². The number of hydrogen-bond donors (Lipinski definition) is 1. The molecule has 6 heteroatoms. The molecular formula is C16H17BrFN3O. The van der Waals surface area contributed by atoms with E-state index in [0.717, 1.165) is 25.9 Å². The molecule has 1 saturated heterocycles. The van der Waals surface area contributed by atoms with E-state index in [4.69, 9.17) is 0 Å². The van der Waals surface area contributed by atoms with Crippen LogP contribution >= 0.6 is 15.9 Å². The van der Waals surface area contributed by atoms with Crippen LogP contribution in [0, 0.1) is 11.7 Å². The minimum absolute atomic E-state index is 0.0515. The summed E-state index contributed by atoms with van der Waals surface area (Å²) in [6.07, 6.45) is 4.25. The van der Waals surface area contributed by atoms with Crippen LogP contribution in [0.25, 0.3) is 0 Å². The highest BCUT2D eigenvalue weighted by molar-refractivity contribution is 9.10. The molecule has 1 atom stereocenters. The summed E-state index contributed by atoms with van der Waals surface area (Å²) in [4.78, 5) is 10.6. The molecule has 1 aliphatic heterocycles. The molecule has 0 amide bonds. The minimum Gasteiger partial charge on any atom is -0.388 e. The van der Waals surface area contributed by atoms with Crippen LogP contribution in [0.5, 0.6) is 0 Å². The van der Waals surface area contributed by atoms with Gasteiger partial charge >= 0.3 is 0 Å². The van der Waals surface area contributed by atoms with Gasteiger partial charge in [0, 0.05) is 35.5 Å². The molecule has 2 heterocycles. The lowest BCUT2D eigenvalue weighted by atomic mass is 9.87. The molecule has 0 aliphatic carbocycles. The van der Waals surface area contributed by atoms with Crippen LogP contribution in [0.15, 0.2) is 41.1 Å². The lowest BCUT2D eigenvalue weighted by Gasteiger charge is -2.34. The molecule has 1 aromatic carbocycles. The van der Waals surface area contributed by atoms with Gasteiger partial charge in [-0.2, -0.15) is 0 Å². The summed E-state index contributed by atoms with van der Waals surface area (Å²) in [7, 11) is 0. The highest BCUT2D eigenvalue weighted by atomic mass is 79.9. The summed E-state index contributed by atoms with van der Waals surface area (Å²) < 4.78 is 14.7. The van der Waals surface area contributed by atoms with Crippen molar-refractivity contribution >= 4 is 21.9 Å². The topological polar surface area (TPSA) is 49.2 Å². The van der Waals surface area contributed by atoms with Gasteiger partial charge in [0.2, 0.25) is 5.95 Å². The van der Waals surface area contributed by atoms with E-state index in [0.29, 0.717) is 16.0 Å². The van der Waals surface area contributed by atoms with E-state index in [1.807, 2.05) is 0 Å². The van der Waals surface area contributed by atoms with Crippen LogP contribution in [-0.2, 0) is 0 Å². The molecule has 4 nitrogen and oxygen atoms in total. The average Bonchev–Trinajstić information content (AvgIpc) is 2.55. The van der Waals surface area contributed by atoms with Crippen LogP contribution in [0.1, 0.15) is 24.5 Å². The highest BCUT2D eigenvalue weighted by Gasteiger charge is 2.28. The number of aromatic nitrogens is 2. The zero-order valence-corrected chi connectivity index (χ0v) is 13.6. The smallest absolute Gasteiger partial charge is 0.225 e. The van der Waals surface area contributed by atoms with E-state index in [-0.39, 0.29) is 11.7 Å². The Morgan fingerprint density at radius 1 is 1.23 bits per heavy atom. The standard InChI is InChI=1S/C16H17BrFN3O/c17-12-2-3-13(14(18)10-12)15(22)11-4-8-21(9-5-11)16-19-6-1-7-20-16/h1-3,6-7,10-11,15,22H,4-5,8-9H2. The molecule has 22 heavy (non-hydrogen) atoms. The largest absolute Gasteiger partial charge is 0.388 e. The Labute approximate surface area is 137 Å². The molecule has 3 rings (SSSR count). The predicted molar refractivity (Wildman–Crippen MR) is 86.0 cm³/mol. The second kappa shape index (κ2) is 6.71. The number of nitrogens with zero attached hydrogens (tertiary/aromatic N) is 3. The first-order chi connectivity index (χ1) is 10.6. The number of aliphatic hydroxyl groups is 1. The summed E-state index contributed by atoms with van der Waals surface area (Å²) >= 11 is 3.23. The van der Waals surface area contributed by atoms with Crippen molar-refractivity contribution in [1.29, 1.82) is 0 Å². The van der Waals surface area contributed by atoms with Crippen molar-refractivity contribution in [2.45, 2.75) is 18.9 Å². The van der Waals surface area contributed by atoms with Gasteiger partial charge in [0.05, 0.1) is 6.10 Å². The van der Waals surface area contributed by atoms with Gasteiger partial charge in [-0.25, -0.2) is 14.4 Å². The third kappa shape index (κ3) is 3.28. The Bertz CT molecular complexity index is 633. The normalized spacial score (nSPS) is 17.5. The first-order valence-corrected chi connectivity index (χ1v) is 8.09. The zero-order valence-electron chi connectivity index (χ0n) is 12.0. The van der Waals surface area contributed by atoms with Gasteiger partial charge in [0.15, 0.2) is 0 Å². The number of halogens is 2. The van der Waals surface area contributed by atoms with Gasteiger partial charge in [0.25, 0.3) is 0 Å². The Hall–Kier alpha value is -1.53. The summed E-state index contributed by atoms with van der Waals surface area (Å²) in [5, 5.41) is 10.5. The van der Waals surface area contributed by atoms with Crippen LogP contribution in [0.2, 0.25) is 0 Å². The van der Waals surface area contributed by atoms with Gasteiger partial charge < -0.3 is 10.0 Å². The average molecular weight is 366 g/mol. The number of rotatable bonds is 3. The van der Waals surface area contributed by atoms with Crippen LogP contribution in [0.4, 0.5) is 10.3 Å². The molecule has 0 bridgehead atoms. The van der Waals surface area contributed by atoms with Crippen molar-refractivity contribution in [1.82, 2.24) is 9.97 Å². The van der Waals surface area contributed by atoms with Crippen molar-refractivity contribution < 1.29 is 9.50 Å². The molecule has 0 radical (unpaired) electrons. The predicted octanol–water partition coefficient (Wildman–Crippen LogP) is 3.33. The SMILES string of the molecule is OC(c1ccc(Br)cc1F)C1CCN(c2ncccn2)CC1. The maximum atomic E-state index is 14.0. The zero-order chi connectivity index (χ0) is 15.5. The first-order valence-electron chi connectivity index (χ1n) is 7.30. The van der Waals surface area contributed by atoms with Crippen molar-refractivity contribution in [3.63, 3.8) is 0 Å². The summed E-state index contributed by atoms with van der Waals surface area (Å²) in [6, 6.07) is 6.59. The second-order valence-corrected chi connectivity index (χ2v) is 6.40. The lowest BCUT2D eigenvalue weighted by molar-refractivity contribution is 0.0893.